The number of nitrogens with zero attached hydrogens (tertiary/aromatic N) is 3. The first-order chi connectivity index (χ1) is 11.1. The average Bonchev–Trinajstić information content (AvgIpc) is 3.06. The van der Waals surface area contributed by atoms with E-state index in [-0.39, 0.29) is 5.91 Å². The second kappa shape index (κ2) is 7.25. The van der Waals surface area contributed by atoms with Crippen LogP contribution in [-0.2, 0) is 6.54 Å². The molecule has 2 heterocycles. The average molecular weight is 422 g/mol. The molecule has 1 N–H and O–H groups in total. The lowest BCUT2D eigenvalue weighted by atomic mass is 10.2. The quantitative estimate of drug-likeness (QED) is 0.771. The van der Waals surface area contributed by atoms with Crippen LogP contribution in [0.15, 0.2) is 30.3 Å². The molecule has 5 nitrogen and oxygen atoms in total. The Kier molecular flexibility index (Phi) is 5.09. The maximum atomic E-state index is 12.2. The van der Waals surface area contributed by atoms with E-state index in [1.807, 2.05) is 37.3 Å². The molecule has 0 aliphatic carbocycles. The number of hydrogen-bond donors (Lipinski definition) is 1. The van der Waals surface area contributed by atoms with Crippen molar-refractivity contribution in [3.8, 4) is 0 Å². The molecule has 0 radical (unpaired) electrons. The molecule has 1 aliphatic heterocycles. The largest absolute Gasteiger partial charge is 0.346 e. The van der Waals surface area contributed by atoms with Gasteiger partial charge in [-0.1, -0.05) is 6.07 Å². The molecule has 1 aromatic heterocycles. The number of hydrogen-bond acceptors (Lipinski definition) is 4. The lowest BCUT2D eigenvalue weighted by Gasteiger charge is -2.16. The Labute approximate surface area is 149 Å². The lowest BCUT2D eigenvalue weighted by molar-refractivity contribution is 0.0950. The van der Waals surface area contributed by atoms with Gasteiger partial charge in [-0.05, 0) is 66.6 Å². The second-order valence-corrected chi connectivity index (χ2v) is 6.93. The van der Waals surface area contributed by atoms with Gasteiger partial charge in [0.1, 0.15) is 0 Å². The fourth-order valence-electron chi connectivity index (χ4n) is 2.67. The van der Waals surface area contributed by atoms with Gasteiger partial charge in [0.05, 0.1) is 12.2 Å². The van der Waals surface area contributed by atoms with E-state index in [2.05, 4.69) is 42.8 Å². The molecule has 23 heavy (non-hydrogen) atoms. The molecule has 1 amide bonds. The molecule has 0 saturated carbocycles. The number of rotatable bonds is 4. The summed E-state index contributed by atoms with van der Waals surface area (Å²) in [6, 6.07) is 9.47. The summed E-state index contributed by atoms with van der Waals surface area (Å²) in [5.74, 6) is 0.698. The standard InChI is InChI=1S/C17H19IN4O/c1-12-9-15(21-17(20-12)22-7-2-3-8-22)11-19-16(23)13-5-4-6-14(18)10-13/h4-6,9-10H,2-3,7-8,11H2,1H3,(H,19,23). The summed E-state index contributed by atoms with van der Waals surface area (Å²) in [5.41, 5.74) is 2.45. The van der Waals surface area contributed by atoms with Gasteiger partial charge in [0.15, 0.2) is 0 Å². The van der Waals surface area contributed by atoms with E-state index in [1.165, 1.54) is 12.8 Å². The summed E-state index contributed by atoms with van der Waals surface area (Å²) in [6.45, 7) is 4.40. The zero-order valence-corrected chi connectivity index (χ0v) is 15.2. The Balaban J connectivity index is 1.69. The van der Waals surface area contributed by atoms with Crippen molar-refractivity contribution in [2.75, 3.05) is 18.0 Å². The van der Waals surface area contributed by atoms with Crippen LogP contribution in [-0.4, -0.2) is 29.0 Å². The van der Waals surface area contributed by atoms with Crippen molar-refractivity contribution in [3.05, 3.63) is 50.9 Å². The summed E-state index contributed by atoms with van der Waals surface area (Å²) in [6.07, 6.45) is 2.38. The van der Waals surface area contributed by atoms with Crippen molar-refractivity contribution in [3.63, 3.8) is 0 Å². The number of carbonyl (C=O) groups excluding carboxylic acids is 1. The molecule has 0 spiro atoms. The zero-order chi connectivity index (χ0) is 16.2. The van der Waals surface area contributed by atoms with Crippen molar-refractivity contribution < 1.29 is 4.79 Å². The number of amides is 1. The molecule has 1 aromatic carbocycles. The normalized spacial score (nSPS) is 14.1. The Morgan fingerprint density at radius 2 is 2.04 bits per heavy atom. The number of halogens is 1. The van der Waals surface area contributed by atoms with Gasteiger partial charge in [0.25, 0.3) is 5.91 Å². The second-order valence-electron chi connectivity index (χ2n) is 5.69. The molecule has 2 aromatic rings. The summed E-state index contributed by atoms with van der Waals surface area (Å²) >= 11 is 2.20. The molecule has 6 heteroatoms. The molecule has 3 rings (SSSR count). The van der Waals surface area contributed by atoms with E-state index in [0.29, 0.717) is 12.1 Å². The van der Waals surface area contributed by atoms with E-state index >= 15 is 0 Å². The van der Waals surface area contributed by atoms with E-state index in [0.717, 1.165) is 34.0 Å². The minimum absolute atomic E-state index is 0.0810. The van der Waals surface area contributed by atoms with Crippen LogP contribution in [0.2, 0.25) is 0 Å². The van der Waals surface area contributed by atoms with Crippen molar-refractivity contribution in [1.82, 2.24) is 15.3 Å². The first-order valence-corrected chi connectivity index (χ1v) is 8.83. The molecule has 0 unspecified atom stereocenters. The van der Waals surface area contributed by atoms with Gasteiger partial charge in [-0.3, -0.25) is 4.79 Å². The van der Waals surface area contributed by atoms with Crippen molar-refractivity contribution in [2.24, 2.45) is 0 Å². The van der Waals surface area contributed by atoms with Crippen molar-refractivity contribution in [2.45, 2.75) is 26.3 Å². The van der Waals surface area contributed by atoms with E-state index in [9.17, 15) is 4.79 Å². The summed E-state index contributed by atoms with van der Waals surface area (Å²) in [7, 11) is 0. The smallest absolute Gasteiger partial charge is 0.251 e. The van der Waals surface area contributed by atoms with Crippen molar-refractivity contribution >= 4 is 34.4 Å². The predicted molar refractivity (Wildman–Crippen MR) is 98.5 cm³/mol. The molecule has 120 valence electrons. The number of anilines is 1. The first kappa shape index (κ1) is 16.2. The van der Waals surface area contributed by atoms with Gasteiger partial charge in [0.2, 0.25) is 5.95 Å². The lowest BCUT2D eigenvalue weighted by Crippen LogP contribution is -2.25. The highest BCUT2D eigenvalue weighted by molar-refractivity contribution is 14.1. The third-order valence-corrected chi connectivity index (χ3v) is 4.47. The van der Waals surface area contributed by atoms with E-state index in [1.54, 1.807) is 0 Å². The first-order valence-electron chi connectivity index (χ1n) is 7.75. The minimum atomic E-state index is -0.0810. The van der Waals surface area contributed by atoms with Gasteiger partial charge in [0, 0.05) is 27.9 Å². The van der Waals surface area contributed by atoms with Crippen LogP contribution in [0.4, 0.5) is 5.95 Å². The number of nitrogens with one attached hydrogen (secondary N) is 1. The molecule has 0 bridgehead atoms. The highest BCUT2D eigenvalue weighted by Gasteiger charge is 2.16. The minimum Gasteiger partial charge on any atom is -0.346 e. The summed E-state index contributed by atoms with van der Waals surface area (Å²) in [4.78, 5) is 23.5. The highest BCUT2D eigenvalue weighted by atomic mass is 127. The maximum Gasteiger partial charge on any atom is 0.251 e. The van der Waals surface area contributed by atoms with Crippen LogP contribution in [0.5, 0.6) is 0 Å². The number of benzene rings is 1. The van der Waals surface area contributed by atoms with Gasteiger partial charge in [-0.2, -0.15) is 0 Å². The Morgan fingerprint density at radius 3 is 2.78 bits per heavy atom. The fraction of sp³-hybridized carbons (Fsp3) is 0.353. The van der Waals surface area contributed by atoms with Crippen LogP contribution in [0, 0.1) is 10.5 Å². The van der Waals surface area contributed by atoms with Crippen LogP contribution in [0.1, 0.15) is 34.6 Å². The third-order valence-electron chi connectivity index (χ3n) is 3.80. The monoisotopic (exact) mass is 422 g/mol. The SMILES string of the molecule is Cc1cc(CNC(=O)c2cccc(I)c2)nc(N2CCCC2)n1. The van der Waals surface area contributed by atoms with Crippen LogP contribution < -0.4 is 10.2 Å². The predicted octanol–water partition coefficient (Wildman–Crippen LogP) is 2.92. The Hall–Kier alpha value is -1.70. The fourth-order valence-corrected chi connectivity index (χ4v) is 3.21. The van der Waals surface area contributed by atoms with Gasteiger partial charge >= 0.3 is 0 Å². The maximum absolute atomic E-state index is 12.2. The topological polar surface area (TPSA) is 58.1 Å². The number of aryl methyl sites for hydroxylation is 1. The summed E-state index contributed by atoms with van der Waals surface area (Å²) < 4.78 is 1.05. The number of carbonyl (C=O) groups is 1. The molecule has 1 fully saturated rings. The highest BCUT2D eigenvalue weighted by Crippen LogP contribution is 2.16. The van der Waals surface area contributed by atoms with Gasteiger partial charge in [-0.15, -0.1) is 0 Å². The Morgan fingerprint density at radius 1 is 1.26 bits per heavy atom. The van der Waals surface area contributed by atoms with E-state index in [4.69, 9.17) is 0 Å². The van der Waals surface area contributed by atoms with Gasteiger partial charge in [-0.25, -0.2) is 9.97 Å². The van der Waals surface area contributed by atoms with Crippen LogP contribution >= 0.6 is 22.6 Å². The van der Waals surface area contributed by atoms with Crippen LogP contribution in [0.3, 0.4) is 0 Å². The van der Waals surface area contributed by atoms with E-state index < -0.39 is 0 Å². The molecule has 1 saturated heterocycles. The number of aromatic nitrogens is 2. The molecule has 0 atom stereocenters. The van der Waals surface area contributed by atoms with Gasteiger partial charge < -0.3 is 10.2 Å². The summed E-state index contributed by atoms with van der Waals surface area (Å²) in [5, 5.41) is 2.94. The molecule has 1 aliphatic rings. The zero-order valence-electron chi connectivity index (χ0n) is 13.1. The van der Waals surface area contributed by atoms with Crippen molar-refractivity contribution in [1.29, 1.82) is 0 Å². The molecular weight excluding hydrogens is 403 g/mol. The van der Waals surface area contributed by atoms with Crippen LogP contribution in [0.25, 0.3) is 0 Å². The Bertz CT molecular complexity index is 713. The molecular formula is C17H19IN4O. The third kappa shape index (κ3) is 4.19.